The van der Waals surface area contributed by atoms with Crippen LogP contribution in [0.3, 0.4) is 0 Å². The standard InChI is InChI=1S/C25H25N3O5.ClH/c1-26-25(30)32-19-7-3-6-17(14-19)16-28(2)12-5-13-31-18-9-10-20-22(15-18)33-24-21(23(20)29)8-4-11-27-24;/h3-4,6-11,14-15H,5,12-13,16H2,1-2H3,(H,26,30);1H. The zero-order chi connectivity index (χ0) is 23.2. The molecule has 0 aliphatic rings. The first-order valence-electron chi connectivity index (χ1n) is 10.6. The van der Waals surface area contributed by atoms with Crippen molar-refractivity contribution in [2.45, 2.75) is 13.0 Å². The summed E-state index contributed by atoms with van der Waals surface area (Å²) in [5, 5.41) is 3.40. The first-order chi connectivity index (χ1) is 16.0. The van der Waals surface area contributed by atoms with Gasteiger partial charge in [-0.3, -0.25) is 4.79 Å². The van der Waals surface area contributed by atoms with Crippen LogP contribution in [-0.4, -0.2) is 43.2 Å². The number of fused-ring (bicyclic) bond motifs is 2. The number of nitrogens with zero attached hydrogens (tertiary/aromatic N) is 2. The van der Waals surface area contributed by atoms with E-state index < -0.39 is 6.09 Å². The molecule has 178 valence electrons. The van der Waals surface area contributed by atoms with Crippen molar-refractivity contribution < 1.29 is 18.7 Å². The maximum atomic E-state index is 12.6. The number of rotatable bonds is 8. The van der Waals surface area contributed by atoms with Crippen LogP contribution in [0.15, 0.2) is 70.0 Å². The lowest BCUT2D eigenvalue weighted by atomic mass is 10.2. The molecule has 4 rings (SSSR count). The molecule has 0 aliphatic heterocycles. The van der Waals surface area contributed by atoms with Gasteiger partial charge in [0.15, 0.2) is 0 Å². The lowest BCUT2D eigenvalue weighted by Crippen LogP contribution is -2.22. The Bertz CT molecular complexity index is 1340. The highest BCUT2D eigenvalue weighted by Crippen LogP contribution is 2.22. The number of aromatic nitrogens is 1. The van der Waals surface area contributed by atoms with Gasteiger partial charge >= 0.3 is 6.09 Å². The van der Waals surface area contributed by atoms with E-state index in [4.69, 9.17) is 13.9 Å². The third-order valence-corrected chi connectivity index (χ3v) is 5.14. The molecule has 1 N–H and O–H groups in total. The molecule has 0 saturated heterocycles. The van der Waals surface area contributed by atoms with Gasteiger partial charge in [-0.15, -0.1) is 12.4 Å². The normalized spacial score (nSPS) is 10.8. The Balaban J connectivity index is 0.00000324. The number of pyridine rings is 1. The average molecular weight is 484 g/mol. The summed E-state index contributed by atoms with van der Waals surface area (Å²) >= 11 is 0. The van der Waals surface area contributed by atoms with Crippen LogP contribution in [-0.2, 0) is 6.54 Å². The highest BCUT2D eigenvalue weighted by molar-refractivity contribution is 5.88. The minimum Gasteiger partial charge on any atom is -0.493 e. The first-order valence-corrected chi connectivity index (χ1v) is 10.6. The largest absolute Gasteiger partial charge is 0.493 e. The van der Waals surface area contributed by atoms with Crippen molar-refractivity contribution in [2.75, 3.05) is 27.2 Å². The van der Waals surface area contributed by atoms with Gasteiger partial charge in [0, 0.05) is 32.4 Å². The van der Waals surface area contributed by atoms with E-state index in [-0.39, 0.29) is 17.8 Å². The Morgan fingerprint density at radius 1 is 1.09 bits per heavy atom. The van der Waals surface area contributed by atoms with Crippen molar-refractivity contribution in [1.82, 2.24) is 15.2 Å². The quantitative estimate of drug-likeness (QED) is 0.293. The summed E-state index contributed by atoms with van der Waals surface area (Å²) < 4.78 is 16.8. The summed E-state index contributed by atoms with van der Waals surface area (Å²) in [5.74, 6) is 1.15. The van der Waals surface area contributed by atoms with E-state index in [9.17, 15) is 9.59 Å². The summed E-state index contributed by atoms with van der Waals surface area (Å²) in [4.78, 5) is 30.3. The Kier molecular flexibility index (Phi) is 8.45. The molecule has 0 unspecified atom stereocenters. The first kappa shape index (κ1) is 25.0. The molecular weight excluding hydrogens is 458 g/mol. The Hall–Kier alpha value is -3.62. The van der Waals surface area contributed by atoms with Crippen molar-refractivity contribution >= 4 is 40.6 Å². The van der Waals surface area contributed by atoms with Crippen LogP contribution in [0, 0.1) is 0 Å². The zero-order valence-corrected chi connectivity index (χ0v) is 19.8. The number of hydrogen-bond acceptors (Lipinski definition) is 7. The van der Waals surface area contributed by atoms with E-state index in [0.29, 0.717) is 46.7 Å². The number of carbonyl (C=O) groups excluding carboxylic acids is 1. The SMILES string of the molecule is CNC(=O)Oc1cccc(CN(C)CCCOc2ccc3c(=O)c4cccnc4oc3c2)c1.Cl. The zero-order valence-electron chi connectivity index (χ0n) is 18.9. The predicted octanol–water partition coefficient (Wildman–Crippen LogP) is 4.38. The Labute approximate surface area is 202 Å². The molecule has 34 heavy (non-hydrogen) atoms. The van der Waals surface area contributed by atoms with E-state index in [0.717, 1.165) is 18.5 Å². The average Bonchev–Trinajstić information content (AvgIpc) is 2.82. The summed E-state index contributed by atoms with van der Waals surface area (Å²) in [6, 6.07) is 16.1. The fraction of sp³-hybridized carbons (Fsp3) is 0.240. The van der Waals surface area contributed by atoms with Crippen molar-refractivity contribution in [3.63, 3.8) is 0 Å². The van der Waals surface area contributed by atoms with Gasteiger partial charge in [-0.25, -0.2) is 9.78 Å². The van der Waals surface area contributed by atoms with Crippen molar-refractivity contribution in [3.8, 4) is 11.5 Å². The molecule has 8 nitrogen and oxygen atoms in total. The van der Waals surface area contributed by atoms with Gasteiger partial charge in [0.05, 0.1) is 17.4 Å². The fourth-order valence-corrected chi connectivity index (χ4v) is 3.54. The van der Waals surface area contributed by atoms with Crippen LogP contribution in [0.4, 0.5) is 4.79 Å². The van der Waals surface area contributed by atoms with Crippen LogP contribution >= 0.6 is 12.4 Å². The van der Waals surface area contributed by atoms with Crippen LogP contribution < -0.4 is 20.2 Å². The minimum atomic E-state index is -0.491. The molecule has 1 amide bonds. The molecule has 0 aliphatic carbocycles. The van der Waals surface area contributed by atoms with E-state index in [1.807, 2.05) is 25.2 Å². The van der Waals surface area contributed by atoms with Gasteiger partial charge in [-0.2, -0.15) is 0 Å². The van der Waals surface area contributed by atoms with E-state index >= 15 is 0 Å². The van der Waals surface area contributed by atoms with Crippen LogP contribution in [0.25, 0.3) is 22.1 Å². The molecule has 0 bridgehead atoms. The van der Waals surface area contributed by atoms with Gasteiger partial charge in [-0.1, -0.05) is 12.1 Å². The molecule has 0 radical (unpaired) electrons. The number of benzene rings is 2. The lowest BCUT2D eigenvalue weighted by molar-refractivity contribution is 0.203. The minimum absolute atomic E-state index is 0. The van der Waals surface area contributed by atoms with Crippen LogP contribution in [0.5, 0.6) is 11.5 Å². The van der Waals surface area contributed by atoms with E-state index in [2.05, 4.69) is 15.2 Å². The van der Waals surface area contributed by atoms with Gasteiger partial charge < -0.3 is 24.1 Å². The second-order valence-electron chi connectivity index (χ2n) is 7.67. The maximum absolute atomic E-state index is 12.6. The van der Waals surface area contributed by atoms with Crippen molar-refractivity contribution in [3.05, 3.63) is 76.6 Å². The predicted molar refractivity (Wildman–Crippen MR) is 133 cm³/mol. The van der Waals surface area contributed by atoms with Gasteiger partial charge in [0.2, 0.25) is 11.1 Å². The second kappa shape index (κ2) is 11.5. The molecule has 2 aromatic carbocycles. The molecule has 0 saturated carbocycles. The van der Waals surface area contributed by atoms with E-state index in [1.54, 1.807) is 42.6 Å². The smallest absolute Gasteiger partial charge is 0.412 e. The van der Waals surface area contributed by atoms with Gasteiger partial charge in [0.1, 0.15) is 17.1 Å². The molecular formula is C25H26ClN3O5. The van der Waals surface area contributed by atoms with Crippen molar-refractivity contribution in [2.24, 2.45) is 0 Å². The van der Waals surface area contributed by atoms with Gasteiger partial charge in [-0.05, 0) is 55.4 Å². The highest BCUT2D eigenvalue weighted by atomic mass is 35.5. The monoisotopic (exact) mass is 483 g/mol. The molecule has 2 heterocycles. The third-order valence-electron chi connectivity index (χ3n) is 5.14. The molecule has 0 spiro atoms. The summed E-state index contributed by atoms with van der Waals surface area (Å²) in [6.45, 7) is 2.05. The molecule has 0 fully saturated rings. The molecule has 4 aromatic rings. The maximum Gasteiger partial charge on any atom is 0.412 e. The van der Waals surface area contributed by atoms with E-state index in [1.165, 1.54) is 7.05 Å². The topological polar surface area (TPSA) is 93.9 Å². The van der Waals surface area contributed by atoms with Crippen molar-refractivity contribution in [1.29, 1.82) is 0 Å². The van der Waals surface area contributed by atoms with Gasteiger partial charge in [0.25, 0.3) is 0 Å². The van der Waals surface area contributed by atoms with Crippen LogP contribution in [0.1, 0.15) is 12.0 Å². The summed E-state index contributed by atoms with van der Waals surface area (Å²) in [5.41, 5.74) is 1.72. The molecule has 9 heteroatoms. The lowest BCUT2D eigenvalue weighted by Gasteiger charge is -2.17. The number of carbonyl (C=O) groups is 1. The molecule has 0 atom stereocenters. The number of hydrogen-bond donors (Lipinski definition) is 1. The Morgan fingerprint density at radius 3 is 2.76 bits per heavy atom. The number of nitrogens with one attached hydrogen (secondary N) is 1. The number of amides is 1. The highest BCUT2D eigenvalue weighted by Gasteiger charge is 2.09. The van der Waals surface area contributed by atoms with Crippen LogP contribution in [0.2, 0.25) is 0 Å². The Morgan fingerprint density at radius 2 is 1.94 bits per heavy atom. The summed E-state index contributed by atoms with van der Waals surface area (Å²) in [6.07, 6.45) is 1.92. The summed E-state index contributed by atoms with van der Waals surface area (Å²) in [7, 11) is 3.55. The second-order valence-corrected chi connectivity index (χ2v) is 7.67. The fourth-order valence-electron chi connectivity index (χ4n) is 3.54. The molecule has 2 aromatic heterocycles. The number of ether oxygens (including phenoxy) is 2. The number of halogens is 1. The third kappa shape index (κ3) is 6.03.